The first-order valence-corrected chi connectivity index (χ1v) is 12.4. The van der Waals surface area contributed by atoms with Gasteiger partial charge in [0.25, 0.3) is 0 Å². The summed E-state index contributed by atoms with van der Waals surface area (Å²) < 4.78 is 22.1. The molecule has 1 saturated carbocycles. The monoisotopic (exact) mass is 440 g/mol. The molecule has 4 rings (SSSR count). The molecule has 176 valence electrons. The van der Waals surface area contributed by atoms with Gasteiger partial charge in [0.1, 0.15) is 36.9 Å². The average molecular weight is 441 g/mol. The van der Waals surface area contributed by atoms with Crippen molar-refractivity contribution in [3.05, 3.63) is 53.8 Å². The van der Waals surface area contributed by atoms with Gasteiger partial charge in [0.05, 0.1) is 13.2 Å². The molecular weight excluding hydrogens is 400 g/mol. The first-order chi connectivity index (χ1) is 15.5. The normalized spacial score (nSPS) is 30.4. The SMILES string of the molecule is C/C=C(\C=C/CC1CC(C(C)(C)c2ccc(OCC3CO3)cc2)CCC1C)OCC1CO1. The fourth-order valence-corrected chi connectivity index (χ4v) is 4.91. The Balaban J connectivity index is 1.31. The van der Waals surface area contributed by atoms with Gasteiger partial charge in [0.2, 0.25) is 0 Å². The Labute approximate surface area is 194 Å². The molecule has 0 spiro atoms. The van der Waals surface area contributed by atoms with Gasteiger partial charge in [-0.3, -0.25) is 0 Å². The van der Waals surface area contributed by atoms with Gasteiger partial charge < -0.3 is 18.9 Å². The zero-order chi connectivity index (χ0) is 22.6. The van der Waals surface area contributed by atoms with Crippen molar-refractivity contribution in [1.82, 2.24) is 0 Å². The van der Waals surface area contributed by atoms with Gasteiger partial charge in [-0.15, -0.1) is 0 Å². The molecule has 0 amide bonds. The third-order valence-corrected chi connectivity index (χ3v) is 7.66. The third-order valence-electron chi connectivity index (χ3n) is 7.66. The van der Waals surface area contributed by atoms with Crippen molar-refractivity contribution in [3.8, 4) is 5.75 Å². The predicted octanol–water partition coefficient (Wildman–Crippen LogP) is 6.06. The highest BCUT2D eigenvalue weighted by atomic mass is 16.6. The zero-order valence-corrected chi connectivity index (χ0v) is 20.2. The fraction of sp³-hybridized carbons (Fsp3) is 0.643. The average Bonchev–Trinajstić information content (AvgIpc) is 3.71. The topological polar surface area (TPSA) is 43.5 Å². The van der Waals surface area contributed by atoms with Crippen LogP contribution in [0.3, 0.4) is 0 Å². The summed E-state index contributed by atoms with van der Waals surface area (Å²) in [6.45, 7) is 12.3. The molecule has 3 fully saturated rings. The van der Waals surface area contributed by atoms with Crippen LogP contribution in [-0.2, 0) is 19.6 Å². The molecule has 1 aliphatic carbocycles. The maximum atomic E-state index is 5.84. The van der Waals surface area contributed by atoms with Crippen LogP contribution in [0.1, 0.15) is 58.9 Å². The molecule has 4 heteroatoms. The Morgan fingerprint density at radius 2 is 1.75 bits per heavy atom. The Kier molecular flexibility index (Phi) is 7.63. The van der Waals surface area contributed by atoms with E-state index in [4.69, 9.17) is 18.9 Å². The van der Waals surface area contributed by atoms with Crippen molar-refractivity contribution in [3.63, 3.8) is 0 Å². The van der Waals surface area contributed by atoms with Crippen LogP contribution in [0.2, 0.25) is 0 Å². The fourth-order valence-electron chi connectivity index (χ4n) is 4.91. The highest BCUT2D eigenvalue weighted by Gasteiger charge is 2.37. The van der Waals surface area contributed by atoms with Gasteiger partial charge >= 0.3 is 0 Å². The Hall–Kier alpha value is -1.78. The molecule has 0 N–H and O–H groups in total. The maximum Gasteiger partial charge on any atom is 0.119 e. The van der Waals surface area contributed by atoms with Crippen molar-refractivity contribution in [2.45, 2.75) is 71.0 Å². The van der Waals surface area contributed by atoms with E-state index in [1.165, 1.54) is 24.8 Å². The molecule has 2 heterocycles. The molecule has 0 bridgehead atoms. The third kappa shape index (κ3) is 6.39. The lowest BCUT2D eigenvalue weighted by Crippen LogP contribution is -2.35. The van der Waals surface area contributed by atoms with E-state index >= 15 is 0 Å². The first kappa shape index (κ1) is 23.4. The highest BCUT2D eigenvalue weighted by Crippen LogP contribution is 2.45. The van der Waals surface area contributed by atoms with Gasteiger partial charge in [0.15, 0.2) is 0 Å². The summed E-state index contributed by atoms with van der Waals surface area (Å²) in [6.07, 6.45) is 12.1. The second kappa shape index (κ2) is 10.4. The Bertz CT molecular complexity index is 786. The van der Waals surface area contributed by atoms with Crippen LogP contribution < -0.4 is 4.74 Å². The summed E-state index contributed by atoms with van der Waals surface area (Å²) in [6, 6.07) is 8.76. The van der Waals surface area contributed by atoms with Gasteiger partial charge in [-0.05, 0) is 79.2 Å². The number of hydrogen-bond acceptors (Lipinski definition) is 4. The minimum atomic E-state index is 0.155. The maximum absolute atomic E-state index is 5.84. The van der Waals surface area contributed by atoms with Crippen molar-refractivity contribution in [1.29, 1.82) is 0 Å². The second-order valence-corrected chi connectivity index (χ2v) is 10.4. The molecular formula is C28H40O4. The van der Waals surface area contributed by atoms with Crippen molar-refractivity contribution < 1.29 is 18.9 Å². The van der Waals surface area contributed by atoms with Gasteiger partial charge in [-0.2, -0.15) is 0 Å². The van der Waals surface area contributed by atoms with E-state index in [1.807, 2.05) is 13.0 Å². The number of benzene rings is 1. The van der Waals surface area contributed by atoms with Crippen LogP contribution in [0.5, 0.6) is 5.75 Å². The first-order valence-electron chi connectivity index (χ1n) is 12.4. The van der Waals surface area contributed by atoms with Crippen LogP contribution in [0.25, 0.3) is 0 Å². The number of rotatable bonds is 11. The summed E-state index contributed by atoms with van der Waals surface area (Å²) >= 11 is 0. The smallest absolute Gasteiger partial charge is 0.119 e. The zero-order valence-electron chi connectivity index (χ0n) is 20.2. The summed E-state index contributed by atoms with van der Waals surface area (Å²) in [4.78, 5) is 0. The van der Waals surface area contributed by atoms with Crippen LogP contribution in [0, 0.1) is 17.8 Å². The summed E-state index contributed by atoms with van der Waals surface area (Å²) in [5.74, 6) is 4.07. The number of hydrogen-bond donors (Lipinski definition) is 0. The molecule has 5 atom stereocenters. The number of ether oxygens (including phenoxy) is 4. The highest BCUT2D eigenvalue weighted by molar-refractivity contribution is 5.32. The lowest BCUT2D eigenvalue weighted by atomic mass is 9.62. The van der Waals surface area contributed by atoms with Crippen molar-refractivity contribution in [2.75, 3.05) is 26.4 Å². The molecule has 0 radical (unpaired) electrons. The molecule has 0 aromatic heterocycles. The van der Waals surface area contributed by atoms with Crippen LogP contribution in [-0.4, -0.2) is 38.6 Å². The largest absolute Gasteiger partial charge is 0.491 e. The van der Waals surface area contributed by atoms with Crippen LogP contribution in [0.15, 0.2) is 48.3 Å². The number of epoxide rings is 2. The predicted molar refractivity (Wildman–Crippen MR) is 128 cm³/mol. The van der Waals surface area contributed by atoms with Crippen LogP contribution in [0.4, 0.5) is 0 Å². The molecule has 1 aromatic carbocycles. The minimum Gasteiger partial charge on any atom is -0.491 e. The van der Waals surface area contributed by atoms with E-state index in [0.717, 1.165) is 43.0 Å². The van der Waals surface area contributed by atoms with E-state index in [9.17, 15) is 0 Å². The lowest BCUT2D eigenvalue weighted by molar-refractivity contribution is 0.139. The molecule has 1 aromatic rings. The molecule has 2 saturated heterocycles. The summed E-state index contributed by atoms with van der Waals surface area (Å²) in [5.41, 5.74) is 1.57. The van der Waals surface area contributed by atoms with Crippen molar-refractivity contribution >= 4 is 0 Å². The van der Waals surface area contributed by atoms with Crippen molar-refractivity contribution in [2.24, 2.45) is 17.8 Å². The second-order valence-electron chi connectivity index (χ2n) is 10.4. The Morgan fingerprint density at radius 1 is 1.06 bits per heavy atom. The molecule has 3 aliphatic rings. The molecule has 32 heavy (non-hydrogen) atoms. The molecule has 4 nitrogen and oxygen atoms in total. The molecule has 2 aliphatic heterocycles. The van der Waals surface area contributed by atoms with Gasteiger partial charge in [-0.1, -0.05) is 45.4 Å². The number of allylic oxidation sites excluding steroid dienone is 3. The van der Waals surface area contributed by atoms with E-state index < -0.39 is 0 Å². The van der Waals surface area contributed by atoms with E-state index in [2.05, 4.69) is 57.2 Å². The summed E-state index contributed by atoms with van der Waals surface area (Å²) in [5, 5.41) is 0. The standard InChI is InChI=1S/C28H40O4/c1-5-24(29-16-26-18-31-26)8-6-7-21-15-23(10-9-20(21)2)28(3,4)22-11-13-25(14-12-22)30-17-27-19-32-27/h5-6,8,11-14,20-21,23,26-27H,7,9-10,15-19H2,1-4H3/b8-6-,24-5+. The van der Waals surface area contributed by atoms with Gasteiger partial charge in [-0.25, -0.2) is 0 Å². The lowest BCUT2D eigenvalue weighted by Gasteiger charge is -2.43. The Morgan fingerprint density at radius 3 is 2.41 bits per heavy atom. The summed E-state index contributed by atoms with van der Waals surface area (Å²) in [7, 11) is 0. The van der Waals surface area contributed by atoms with Crippen LogP contribution >= 0.6 is 0 Å². The van der Waals surface area contributed by atoms with E-state index in [-0.39, 0.29) is 5.41 Å². The van der Waals surface area contributed by atoms with E-state index in [0.29, 0.717) is 31.3 Å². The quantitative estimate of drug-likeness (QED) is 0.238. The van der Waals surface area contributed by atoms with E-state index in [1.54, 1.807) is 0 Å². The van der Waals surface area contributed by atoms with Gasteiger partial charge in [0, 0.05) is 0 Å². The minimum absolute atomic E-state index is 0.155. The molecule has 5 unspecified atom stereocenters.